The molecular weight excluding hydrogens is 306 g/mol. The minimum Gasteiger partial charge on any atom is -0.316 e. The van der Waals surface area contributed by atoms with Crippen LogP contribution in [0.25, 0.3) is 0 Å². The predicted octanol–water partition coefficient (Wildman–Crippen LogP) is 3.96. The number of hydrogen-bond donors (Lipinski definition) is 1. The van der Waals surface area contributed by atoms with Crippen molar-refractivity contribution in [2.75, 3.05) is 18.8 Å². The number of hydrogen-bond acceptors (Lipinski definition) is 2. The highest BCUT2D eigenvalue weighted by atomic mass is 79.9. The van der Waals surface area contributed by atoms with Crippen molar-refractivity contribution in [2.45, 2.75) is 17.7 Å². The fourth-order valence-corrected chi connectivity index (χ4v) is 3.12. The Morgan fingerprint density at radius 1 is 1.31 bits per heavy atom. The Kier molecular flexibility index (Phi) is 6.81. The highest BCUT2D eigenvalue weighted by Crippen LogP contribution is 2.24. The molecule has 0 bridgehead atoms. The molecule has 1 fully saturated rings. The number of halogens is 2. The van der Waals surface area contributed by atoms with Gasteiger partial charge in [0.05, 0.1) is 0 Å². The third-order valence-electron chi connectivity index (χ3n) is 2.70. The normalized spacial score (nSPS) is 20.2. The summed E-state index contributed by atoms with van der Waals surface area (Å²) in [6, 6.07) is 8.60. The van der Waals surface area contributed by atoms with Gasteiger partial charge in [-0.2, -0.15) is 0 Å². The van der Waals surface area contributed by atoms with E-state index in [0.717, 1.165) is 10.4 Å². The zero-order valence-corrected chi connectivity index (χ0v) is 12.3. The van der Waals surface area contributed by atoms with Crippen molar-refractivity contribution in [1.82, 2.24) is 5.32 Å². The summed E-state index contributed by atoms with van der Waals surface area (Å²) in [5, 5.41) is 3.46. The maximum Gasteiger partial charge on any atom is 0.0176 e. The molecule has 0 saturated carbocycles. The fourth-order valence-electron chi connectivity index (χ4n) is 1.81. The van der Waals surface area contributed by atoms with Gasteiger partial charge in [-0.25, -0.2) is 0 Å². The Balaban J connectivity index is 0.00000128. The van der Waals surface area contributed by atoms with Gasteiger partial charge in [0, 0.05) is 15.1 Å². The average molecular weight is 323 g/mol. The predicted molar refractivity (Wildman–Crippen MR) is 77.7 cm³/mol. The zero-order valence-electron chi connectivity index (χ0n) is 9.12. The lowest BCUT2D eigenvalue weighted by molar-refractivity contribution is 0.410. The van der Waals surface area contributed by atoms with Gasteiger partial charge in [-0.15, -0.1) is 24.2 Å². The van der Waals surface area contributed by atoms with Crippen LogP contribution in [0.3, 0.4) is 0 Å². The molecule has 4 heteroatoms. The maximum absolute atomic E-state index is 3.46. The van der Waals surface area contributed by atoms with Crippen molar-refractivity contribution in [2.24, 2.45) is 5.92 Å². The van der Waals surface area contributed by atoms with Crippen LogP contribution in [0.2, 0.25) is 0 Å². The van der Waals surface area contributed by atoms with E-state index in [1.807, 2.05) is 11.8 Å². The molecule has 0 aromatic heterocycles. The molecule has 1 aliphatic rings. The molecular formula is C12H17BrClNS. The minimum atomic E-state index is 0. The van der Waals surface area contributed by atoms with E-state index in [1.165, 1.54) is 36.6 Å². The van der Waals surface area contributed by atoms with E-state index in [4.69, 9.17) is 0 Å². The number of nitrogens with one attached hydrogen (secondary N) is 1. The van der Waals surface area contributed by atoms with Crippen molar-refractivity contribution < 1.29 is 0 Å². The van der Waals surface area contributed by atoms with Crippen molar-refractivity contribution in [3.8, 4) is 0 Å². The quantitative estimate of drug-likeness (QED) is 0.845. The number of benzene rings is 1. The summed E-state index contributed by atoms with van der Waals surface area (Å²) in [6.07, 6.45) is 2.72. The Hall–Kier alpha value is 0.300. The molecule has 1 aromatic rings. The molecule has 90 valence electrons. The van der Waals surface area contributed by atoms with Crippen LogP contribution in [0.5, 0.6) is 0 Å². The van der Waals surface area contributed by atoms with Crippen LogP contribution in [-0.4, -0.2) is 18.8 Å². The van der Waals surface area contributed by atoms with E-state index in [-0.39, 0.29) is 12.4 Å². The second-order valence-electron chi connectivity index (χ2n) is 3.98. The minimum absolute atomic E-state index is 0. The Labute approximate surface area is 116 Å². The van der Waals surface area contributed by atoms with E-state index in [0.29, 0.717) is 0 Å². The SMILES string of the molecule is Brc1ccc(SCC2CCCNC2)cc1.Cl. The van der Waals surface area contributed by atoms with E-state index in [1.54, 1.807) is 0 Å². The number of piperidine rings is 1. The second kappa shape index (κ2) is 7.59. The molecule has 0 spiro atoms. The fraction of sp³-hybridized carbons (Fsp3) is 0.500. The van der Waals surface area contributed by atoms with E-state index >= 15 is 0 Å². The standard InChI is InChI=1S/C12H16BrNS.ClH/c13-11-3-5-12(6-4-11)15-9-10-2-1-7-14-8-10;/h3-6,10,14H,1-2,7-9H2;1H. The first-order valence-electron chi connectivity index (χ1n) is 5.44. The van der Waals surface area contributed by atoms with Gasteiger partial charge in [0.2, 0.25) is 0 Å². The summed E-state index contributed by atoms with van der Waals surface area (Å²) >= 11 is 5.43. The van der Waals surface area contributed by atoms with Crippen molar-refractivity contribution in [3.05, 3.63) is 28.7 Å². The van der Waals surface area contributed by atoms with E-state index < -0.39 is 0 Å². The number of thioether (sulfide) groups is 1. The largest absolute Gasteiger partial charge is 0.316 e. The van der Waals surface area contributed by atoms with Crippen molar-refractivity contribution >= 4 is 40.1 Å². The van der Waals surface area contributed by atoms with Gasteiger partial charge in [0.15, 0.2) is 0 Å². The molecule has 1 aliphatic heterocycles. The lowest BCUT2D eigenvalue weighted by Gasteiger charge is -2.22. The molecule has 0 radical (unpaired) electrons. The average Bonchev–Trinajstić information content (AvgIpc) is 2.30. The molecule has 0 amide bonds. The Bertz CT molecular complexity index is 298. The van der Waals surface area contributed by atoms with Gasteiger partial charge in [0.1, 0.15) is 0 Å². The topological polar surface area (TPSA) is 12.0 Å². The van der Waals surface area contributed by atoms with Crippen LogP contribution in [0.4, 0.5) is 0 Å². The first-order chi connectivity index (χ1) is 7.34. The van der Waals surface area contributed by atoms with Gasteiger partial charge in [-0.3, -0.25) is 0 Å². The van der Waals surface area contributed by atoms with Gasteiger partial charge in [-0.05, 0) is 56.1 Å². The van der Waals surface area contributed by atoms with E-state index in [9.17, 15) is 0 Å². The molecule has 1 N–H and O–H groups in total. The highest BCUT2D eigenvalue weighted by Gasteiger charge is 2.12. The first kappa shape index (κ1) is 14.4. The van der Waals surface area contributed by atoms with Gasteiger partial charge in [-0.1, -0.05) is 15.9 Å². The smallest absolute Gasteiger partial charge is 0.0176 e. The van der Waals surface area contributed by atoms with Crippen LogP contribution in [0.15, 0.2) is 33.6 Å². The van der Waals surface area contributed by atoms with Crippen LogP contribution >= 0.6 is 40.1 Å². The van der Waals surface area contributed by atoms with Crippen molar-refractivity contribution in [1.29, 1.82) is 0 Å². The van der Waals surface area contributed by atoms with Gasteiger partial charge >= 0.3 is 0 Å². The van der Waals surface area contributed by atoms with Crippen LogP contribution in [0.1, 0.15) is 12.8 Å². The molecule has 1 heterocycles. The Morgan fingerprint density at radius 3 is 2.69 bits per heavy atom. The maximum atomic E-state index is 3.46. The number of rotatable bonds is 3. The van der Waals surface area contributed by atoms with E-state index in [2.05, 4.69) is 45.5 Å². The molecule has 1 nitrogen and oxygen atoms in total. The van der Waals surface area contributed by atoms with Crippen LogP contribution in [0, 0.1) is 5.92 Å². The van der Waals surface area contributed by atoms with Crippen LogP contribution in [-0.2, 0) is 0 Å². The summed E-state index contributed by atoms with van der Waals surface area (Å²) in [5.41, 5.74) is 0. The molecule has 1 saturated heterocycles. The third-order valence-corrected chi connectivity index (χ3v) is 4.47. The molecule has 1 aromatic carbocycles. The van der Waals surface area contributed by atoms with Crippen molar-refractivity contribution in [3.63, 3.8) is 0 Å². The monoisotopic (exact) mass is 321 g/mol. The lowest BCUT2D eigenvalue weighted by atomic mass is 10.0. The van der Waals surface area contributed by atoms with Crippen LogP contribution < -0.4 is 5.32 Å². The lowest BCUT2D eigenvalue weighted by Crippen LogP contribution is -2.30. The second-order valence-corrected chi connectivity index (χ2v) is 5.99. The molecule has 0 aliphatic carbocycles. The summed E-state index contributed by atoms with van der Waals surface area (Å²) in [4.78, 5) is 1.38. The summed E-state index contributed by atoms with van der Waals surface area (Å²) in [7, 11) is 0. The van der Waals surface area contributed by atoms with Gasteiger partial charge in [0.25, 0.3) is 0 Å². The summed E-state index contributed by atoms with van der Waals surface area (Å²) in [5.74, 6) is 2.10. The highest BCUT2D eigenvalue weighted by molar-refractivity contribution is 9.10. The third kappa shape index (κ3) is 4.66. The van der Waals surface area contributed by atoms with Gasteiger partial charge < -0.3 is 5.32 Å². The molecule has 16 heavy (non-hydrogen) atoms. The Morgan fingerprint density at radius 2 is 2.06 bits per heavy atom. The first-order valence-corrected chi connectivity index (χ1v) is 7.21. The molecule has 1 unspecified atom stereocenters. The molecule has 1 atom stereocenters. The zero-order chi connectivity index (χ0) is 10.5. The summed E-state index contributed by atoms with van der Waals surface area (Å²) < 4.78 is 1.16. The molecule has 2 rings (SSSR count). The summed E-state index contributed by atoms with van der Waals surface area (Å²) in [6.45, 7) is 2.41.